The molecule has 0 saturated heterocycles. The maximum absolute atomic E-state index is 12.8. The summed E-state index contributed by atoms with van der Waals surface area (Å²) in [6.45, 7) is 6.17. The molecule has 0 fully saturated rings. The molecular formula is C24H23N7O. The van der Waals surface area contributed by atoms with Crippen LogP contribution in [0.15, 0.2) is 72.0 Å². The van der Waals surface area contributed by atoms with Gasteiger partial charge in [0.25, 0.3) is 0 Å². The van der Waals surface area contributed by atoms with E-state index in [1.165, 1.54) is 0 Å². The van der Waals surface area contributed by atoms with E-state index >= 15 is 0 Å². The largest absolute Gasteiger partial charge is 0.328 e. The standard InChI is InChI=1S/C24H23N7O/c1-15(2)21-19(6-4-11-25-21)22-26-14-20-23(29-22)31(24(32)28-20)16(3)17-7-9-18(10-8-17)30-13-5-12-27-30/h4-16H,1-3H3,(H,28,32). The molecule has 4 heterocycles. The molecule has 160 valence electrons. The van der Waals surface area contributed by atoms with Gasteiger partial charge in [-0.25, -0.2) is 19.4 Å². The Morgan fingerprint density at radius 2 is 1.78 bits per heavy atom. The molecule has 0 amide bonds. The Balaban J connectivity index is 1.58. The Morgan fingerprint density at radius 3 is 2.50 bits per heavy atom. The van der Waals surface area contributed by atoms with Gasteiger partial charge in [0.15, 0.2) is 11.5 Å². The van der Waals surface area contributed by atoms with Gasteiger partial charge in [-0.3, -0.25) is 9.55 Å². The highest BCUT2D eigenvalue weighted by Gasteiger charge is 2.19. The fraction of sp³-hybridized carbons (Fsp3) is 0.208. The molecule has 0 radical (unpaired) electrons. The van der Waals surface area contributed by atoms with Crippen molar-refractivity contribution >= 4 is 11.2 Å². The number of rotatable bonds is 5. The summed E-state index contributed by atoms with van der Waals surface area (Å²) >= 11 is 0. The van der Waals surface area contributed by atoms with Crippen LogP contribution in [-0.2, 0) is 0 Å². The second-order valence-corrected chi connectivity index (χ2v) is 8.04. The number of fused-ring (bicyclic) bond motifs is 1. The van der Waals surface area contributed by atoms with Crippen molar-refractivity contribution in [2.75, 3.05) is 0 Å². The van der Waals surface area contributed by atoms with Gasteiger partial charge in [-0.2, -0.15) is 5.10 Å². The lowest BCUT2D eigenvalue weighted by molar-refractivity contribution is 0.630. The van der Waals surface area contributed by atoms with E-state index in [2.05, 4.69) is 33.9 Å². The van der Waals surface area contributed by atoms with E-state index in [4.69, 9.17) is 4.98 Å². The highest BCUT2D eigenvalue weighted by Crippen LogP contribution is 2.27. The quantitative estimate of drug-likeness (QED) is 0.457. The van der Waals surface area contributed by atoms with Crippen molar-refractivity contribution in [2.24, 2.45) is 0 Å². The Labute approximate surface area is 184 Å². The van der Waals surface area contributed by atoms with Gasteiger partial charge in [-0.15, -0.1) is 0 Å². The lowest BCUT2D eigenvalue weighted by Gasteiger charge is -2.15. The fourth-order valence-corrected chi connectivity index (χ4v) is 3.95. The number of imidazole rings is 1. The summed E-state index contributed by atoms with van der Waals surface area (Å²) in [5.74, 6) is 0.786. The fourth-order valence-electron chi connectivity index (χ4n) is 3.95. The van der Waals surface area contributed by atoms with E-state index in [1.54, 1.807) is 27.8 Å². The predicted octanol–water partition coefficient (Wildman–Crippen LogP) is 4.10. The number of hydrogen-bond donors (Lipinski definition) is 1. The molecule has 0 aliphatic rings. The molecule has 0 bridgehead atoms. The first-order valence-corrected chi connectivity index (χ1v) is 10.6. The Kier molecular flexibility index (Phi) is 4.89. The molecule has 0 aliphatic carbocycles. The van der Waals surface area contributed by atoms with E-state index < -0.39 is 0 Å². The number of nitrogens with one attached hydrogen (secondary N) is 1. The second-order valence-electron chi connectivity index (χ2n) is 8.04. The third-order valence-corrected chi connectivity index (χ3v) is 5.62. The number of aromatic amines is 1. The van der Waals surface area contributed by atoms with Crippen LogP contribution < -0.4 is 5.69 Å². The molecule has 0 saturated carbocycles. The van der Waals surface area contributed by atoms with Crippen LogP contribution in [0.25, 0.3) is 28.2 Å². The molecule has 8 nitrogen and oxygen atoms in total. The lowest BCUT2D eigenvalue weighted by atomic mass is 10.0. The van der Waals surface area contributed by atoms with Crippen molar-refractivity contribution in [2.45, 2.75) is 32.7 Å². The molecule has 1 unspecified atom stereocenters. The molecular weight excluding hydrogens is 402 g/mol. The SMILES string of the molecule is CC(C)c1ncccc1-c1ncc2[nH]c(=O)n(C(C)c3ccc(-n4cccn4)cc3)c2n1. The van der Waals surface area contributed by atoms with Crippen molar-refractivity contribution in [1.29, 1.82) is 0 Å². The van der Waals surface area contributed by atoms with Crippen LogP contribution in [0.1, 0.15) is 44.0 Å². The number of aromatic nitrogens is 7. The second kappa shape index (κ2) is 7.88. The van der Waals surface area contributed by atoms with E-state index in [1.807, 2.05) is 55.6 Å². The number of nitrogens with zero attached hydrogens (tertiary/aromatic N) is 6. The molecule has 4 aromatic heterocycles. The Morgan fingerprint density at radius 1 is 0.969 bits per heavy atom. The third-order valence-electron chi connectivity index (χ3n) is 5.62. The number of hydrogen-bond acceptors (Lipinski definition) is 5. The molecule has 1 N–H and O–H groups in total. The number of pyridine rings is 1. The van der Waals surface area contributed by atoms with Crippen molar-refractivity contribution in [3.63, 3.8) is 0 Å². The molecule has 1 atom stereocenters. The lowest BCUT2D eigenvalue weighted by Crippen LogP contribution is -2.21. The van der Waals surface area contributed by atoms with Gasteiger partial charge in [0.05, 0.1) is 23.6 Å². The van der Waals surface area contributed by atoms with Crippen LogP contribution >= 0.6 is 0 Å². The van der Waals surface area contributed by atoms with Gasteiger partial charge in [0, 0.05) is 24.2 Å². The minimum atomic E-state index is -0.218. The Hall–Kier alpha value is -4.07. The van der Waals surface area contributed by atoms with Crippen LogP contribution in [0.2, 0.25) is 0 Å². The smallest absolute Gasteiger partial charge is 0.303 e. The molecule has 0 aliphatic heterocycles. The summed E-state index contributed by atoms with van der Waals surface area (Å²) in [5.41, 5.74) is 4.72. The minimum absolute atomic E-state index is 0.217. The summed E-state index contributed by atoms with van der Waals surface area (Å²) in [5, 5.41) is 4.26. The molecule has 5 rings (SSSR count). The summed E-state index contributed by atoms with van der Waals surface area (Å²) < 4.78 is 3.47. The summed E-state index contributed by atoms with van der Waals surface area (Å²) in [7, 11) is 0. The molecule has 0 spiro atoms. The van der Waals surface area contributed by atoms with E-state index in [-0.39, 0.29) is 17.6 Å². The van der Waals surface area contributed by atoms with Crippen molar-refractivity contribution < 1.29 is 0 Å². The van der Waals surface area contributed by atoms with Gasteiger partial charge >= 0.3 is 5.69 Å². The first kappa shape index (κ1) is 19.9. The highest BCUT2D eigenvalue weighted by molar-refractivity contribution is 5.73. The summed E-state index contributed by atoms with van der Waals surface area (Å²) in [4.78, 5) is 29.5. The molecule has 8 heteroatoms. The summed E-state index contributed by atoms with van der Waals surface area (Å²) in [6, 6.07) is 13.5. The average Bonchev–Trinajstić information content (AvgIpc) is 3.46. The van der Waals surface area contributed by atoms with Crippen molar-refractivity contribution in [3.05, 3.63) is 89.0 Å². The zero-order valence-electron chi connectivity index (χ0n) is 18.1. The minimum Gasteiger partial charge on any atom is -0.303 e. The number of benzene rings is 1. The van der Waals surface area contributed by atoms with E-state index in [0.717, 1.165) is 22.5 Å². The average molecular weight is 425 g/mol. The van der Waals surface area contributed by atoms with Crippen molar-refractivity contribution in [3.8, 4) is 17.1 Å². The van der Waals surface area contributed by atoms with E-state index in [9.17, 15) is 4.79 Å². The predicted molar refractivity (Wildman–Crippen MR) is 123 cm³/mol. The zero-order valence-corrected chi connectivity index (χ0v) is 18.1. The van der Waals surface area contributed by atoms with Crippen LogP contribution in [-0.4, -0.2) is 34.3 Å². The normalized spacial score (nSPS) is 12.5. The zero-order chi connectivity index (χ0) is 22.2. The third kappa shape index (κ3) is 3.39. The molecule has 5 aromatic rings. The topological polar surface area (TPSA) is 94.3 Å². The Bertz CT molecular complexity index is 1430. The van der Waals surface area contributed by atoms with Crippen molar-refractivity contribution in [1.82, 2.24) is 34.3 Å². The maximum Gasteiger partial charge on any atom is 0.328 e. The van der Waals surface area contributed by atoms with Crippen LogP contribution in [0.4, 0.5) is 0 Å². The van der Waals surface area contributed by atoms with Gasteiger partial charge in [0.2, 0.25) is 0 Å². The molecule has 1 aromatic carbocycles. The van der Waals surface area contributed by atoms with Gasteiger partial charge in [-0.05, 0) is 48.7 Å². The summed E-state index contributed by atoms with van der Waals surface area (Å²) in [6.07, 6.45) is 7.08. The van der Waals surface area contributed by atoms with Gasteiger partial charge in [0.1, 0.15) is 5.52 Å². The van der Waals surface area contributed by atoms with E-state index in [0.29, 0.717) is 17.0 Å². The highest BCUT2D eigenvalue weighted by atomic mass is 16.1. The van der Waals surface area contributed by atoms with Crippen LogP contribution in [0.5, 0.6) is 0 Å². The first-order chi connectivity index (χ1) is 15.5. The molecule has 32 heavy (non-hydrogen) atoms. The monoisotopic (exact) mass is 425 g/mol. The van der Waals surface area contributed by atoms with Crippen LogP contribution in [0, 0.1) is 0 Å². The number of H-pyrrole nitrogens is 1. The maximum atomic E-state index is 12.8. The first-order valence-electron chi connectivity index (χ1n) is 10.6. The van der Waals surface area contributed by atoms with Gasteiger partial charge in [-0.1, -0.05) is 26.0 Å². The van der Waals surface area contributed by atoms with Gasteiger partial charge < -0.3 is 4.98 Å². The van der Waals surface area contributed by atoms with Crippen LogP contribution in [0.3, 0.4) is 0 Å².